The highest BCUT2D eigenvalue weighted by molar-refractivity contribution is 7.98. The standard InChI is InChI=1S/C9H15NO3S3/c1-9(11,7-14-2)6-10-16(12,13)8-4-3-5-15-8/h3-5,10-11H,6-7H2,1-2H3. The van der Waals surface area contributed by atoms with E-state index in [1.807, 2.05) is 6.26 Å². The Bertz CT molecular complexity index is 411. The van der Waals surface area contributed by atoms with Crippen molar-refractivity contribution in [1.82, 2.24) is 4.72 Å². The first-order valence-corrected chi connectivity index (χ1v) is 8.37. The summed E-state index contributed by atoms with van der Waals surface area (Å²) in [5, 5.41) is 11.5. The Labute approximate surface area is 104 Å². The van der Waals surface area contributed by atoms with Crippen molar-refractivity contribution in [3.63, 3.8) is 0 Å². The van der Waals surface area contributed by atoms with Gasteiger partial charge in [-0.25, -0.2) is 13.1 Å². The lowest BCUT2D eigenvalue weighted by molar-refractivity contribution is 0.0909. The summed E-state index contributed by atoms with van der Waals surface area (Å²) >= 11 is 2.63. The van der Waals surface area contributed by atoms with Crippen LogP contribution >= 0.6 is 23.1 Å². The zero-order valence-electron chi connectivity index (χ0n) is 9.13. The molecule has 0 aromatic carbocycles. The molecule has 0 saturated carbocycles. The van der Waals surface area contributed by atoms with Crippen molar-refractivity contribution in [2.45, 2.75) is 16.7 Å². The molecule has 1 rings (SSSR count). The van der Waals surface area contributed by atoms with E-state index in [4.69, 9.17) is 0 Å². The minimum absolute atomic E-state index is 0.0219. The highest BCUT2D eigenvalue weighted by Crippen LogP contribution is 2.16. The topological polar surface area (TPSA) is 66.4 Å². The molecule has 0 spiro atoms. The van der Waals surface area contributed by atoms with Crippen LogP contribution in [0.5, 0.6) is 0 Å². The minimum Gasteiger partial charge on any atom is -0.388 e. The molecule has 0 saturated heterocycles. The van der Waals surface area contributed by atoms with E-state index in [9.17, 15) is 13.5 Å². The summed E-state index contributed by atoms with van der Waals surface area (Å²) in [7, 11) is -3.47. The Hall–Kier alpha value is -0.0800. The second kappa shape index (κ2) is 5.50. The van der Waals surface area contributed by atoms with Crippen molar-refractivity contribution in [3.8, 4) is 0 Å². The van der Waals surface area contributed by atoms with E-state index in [-0.39, 0.29) is 10.8 Å². The van der Waals surface area contributed by atoms with Crippen LogP contribution in [0.2, 0.25) is 0 Å². The smallest absolute Gasteiger partial charge is 0.250 e. The van der Waals surface area contributed by atoms with Crippen LogP contribution < -0.4 is 4.72 Å². The first-order valence-electron chi connectivity index (χ1n) is 4.62. The third kappa shape index (κ3) is 4.06. The van der Waals surface area contributed by atoms with Gasteiger partial charge in [-0.1, -0.05) is 6.07 Å². The summed E-state index contributed by atoms with van der Waals surface area (Å²) in [5.41, 5.74) is -1.02. The largest absolute Gasteiger partial charge is 0.388 e. The Morgan fingerprint density at radius 3 is 2.81 bits per heavy atom. The van der Waals surface area contributed by atoms with Crippen LogP contribution in [-0.2, 0) is 10.0 Å². The summed E-state index contributed by atoms with van der Waals surface area (Å²) in [4.78, 5) is 0. The average molecular weight is 281 g/mol. The SMILES string of the molecule is CSCC(C)(O)CNS(=O)(=O)c1cccs1. The van der Waals surface area contributed by atoms with E-state index < -0.39 is 15.6 Å². The molecule has 7 heteroatoms. The van der Waals surface area contributed by atoms with Crippen LogP contribution in [0.15, 0.2) is 21.7 Å². The fourth-order valence-corrected chi connectivity index (χ4v) is 4.02. The van der Waals surface area contributed by atoms with E-state index in [0.717, 1.165) is 11.3 Å². The van der Waals surface area contributed by atoms with Crippen molar-refractivity contribution >= 4 is 33.1 Å². The molecule has 1 aromatic heterocycles. The average Bonchev–Trinajstić information content (AvgIpc) is 2.68. The van der Waals surface area contributed by atoms with Gasteiger partial charge in [0, 0.05) is 12.3 Å². The van der Waals surface area contributed by atoms with Gasteiger partial charge in [-0.15, -0.1) is 11.3 Å². The molecule has 2 N–H and O–H groups in total. The first kappa shape index (κ1) is 14.0. The quantitative estimate of drug-likeness (QED) is 0.820. The van der Waals surface area contributed by atoms with Crippen LogP contribution in [0.4, 0.5) is 0 Å². The lowest BCUT2D eigenvalue weighted by Gasteiger charge is -2.22. The van der Waals surface area contributed by atoms with Gasteiger partial charge in [0.05, 0.1) is 5.60 Å². The number of hydrogen-bond acceptors (Lipinski definition) is 5. The number of thioether (sulfide) groups is 1. The van der Waals surface area contributed by atoms with E-state index in [2.05, 4.69) is 4.72 Å². The molecule has 0 amide bonds. The normalized spacial score (nSPS) is 15.9. The van der Waals surface area contributed by atoms with Crippen molar-refractivity contribution in [1.29, 1.82) is 0 Å². The molecule has 0 aliphatic heterocycles. The molecule has 1 aromatic rings. The molecule has 0 aliphatic rings. The fraction of sp³-hybridized carbons (Fsp3) is 0.556. The van der Waals surface area contributed by atoms with E-state index in [0.29, 0.717) is 5.75 Å². The number of nitrogens with one attached hydrogen (secondary N) is 1. The molecule has 1 heterocycles. The van der Waals surface area contributed by atoms with Gasteiger partial charge in [0.2, 0.25) is 10.0 Å². The Kier molecular flexibility index (Phi) is 4.81. The van der Waals surface area contributed by atoms with Gasteiger partial charge in [-0.2, -0.15) is 11.8 Å². The van der Waals surface area contributed by atoms with E-state index >= 15 is 0 Å². The van der Waals surface area contributed by atoms with Crippen molar-refractivity contribution in [3.05, 3.63) is 17.5 Å². The number of aliphatic hydroxyl groups is 1. The number of hydrogen-bond donors (Lipinski definition) is 2. The van der Waals surface area contributed by atoms with Gasteiger partial charge in [-0.05, 0) is 24.6 Å². The van der Waals surface area contributed by atoms with Crippen LogP contribution in [0.1, 0.15) is 6.92 Å². The monoisotopic (exact) mass is 281 g/mol. The maximum atomic E-state index is 11.7. The molecule has 1 unspecified atom stereocenters. The number of rotatable bonds is 6. The summed E-state index contributed by atoms with van der Waals surface area (Å²) < 4.78 is 26.1. The fourth-order valence-electron chi connectivity index (χ4n) is 1.10. The zero-order chi connectivity index (χ0) is 12.2. The van der Waals surface area contributed by atoms with Gasteiger partial charge in [0.1, 0.15) is 4.21 Å². The van der Waals surface area contributed by atoms with Crippen molar-refractivity contribution in [2.75, 3.05) is 18.6 Å². The third-order valence-electron chi connectivity index (χ3n) is 1.86. The molecule has 0 radical (unpaired) electrons. The molecule has 92 valence electrons. The molecule has 16 heavy (non-hydrogen) atoms. The van der Waals surface area contributed by atoms with Gasteiger partial charge in [-0.3, -0.25) is 0 Å². The van der Waals surface area contributed by atoms with Gasteiger partial charge in [0.25, 0.3) is 0 Å². The Morgan fingerprint density at radius 2 is 2.31 bits per heavy atom. The van der Waals surface area contributed by atoms with Crippen molar-refractivity contribution in [2.24, 2.45) is 0 Å². The molecule has 0 fully saturated rings. The highest BCUT2D eigenvalue weighted by Gasteiger charge is 2.24. The van der Waals surface area contributed by atoms with Gasteiger partial charge in [0.15, 0.2) is 0 Å². The van der Waals surface area contributed by atoms with Gasteiger partial charge < -0.3 is 5.11 Å². The second-order valence-electron chi connectivity index (χ2n) is 3.69. The summed E-state index contributed by atoms with van der Waals surface area (Å²) in [5.74, 6) is 0.486. The van der Waals surface area contributed by atoms with Crippen molar-refractivity contribution < 1.29 is 13.5 Å². The third-order valence-corrected chi connectivity index (χ3v) is 5.57. The molecule has 1 atom stereocenters. The molecular formula is C9H15NO3S3. The van der Waals surface area contributed by atoms with Crippen LogP contribution in [0, 0.1) is 0 Å². The lowest BCUT2D eigenvalue weighted by atomic mass is 10.1. The van der Waals surface area contributed by atoms with Crippen LogP contribution in [0.3, 0.4) is 0 Å². The van der Waals surface area contributed by atoms with Crippen LogP contribution in [0.25, 0.3) is 0 Å². The molecule has 0 bridgehead atoms. The second-order valence-corrected chi connectivity index (χ2v) is 7.49. The maximum Gasteiger partial charge on any atom is 0.250 e. The van der Waals surface area contributed by atoms with Gasteiger partial charge >= 0.3 is 0 Å². The lowest BCUT2D eigenvalue weighted by Crippen LogP contribution is -2.42. The number of sulfonamides is 1. The Morgan fingerprint density at radius 1 is 1.62 bits per heavy atom. The summed E-state index contributed by atoms with van der Waals surface area (Å²) in [6.45, 7) is 1.63. The van der Waals surface area contributed by atoms with E-state index in [1.165, 1.54) is 17.8 Å². The number of thiophene rings is 1. The predicted molar refractivity (Wildman–Crippen MR) is 68.5 cm³/mol. The van der Waals surface area contributed by atoms with Crippen LogP contribution in [-0.4, -0.2) is 37.7 Å². The van der Waals surface area contributed by atoms with E-state index in [1.54, 1.807) is 18.4 Å². The highest BCUT2D eigenvalue weighted by atomic mass is 32.2. The minimum atomic E-state index is -3.47. The Balaban J connectivity index is 2.62. The first-order chi connectivity index (χ1) is 7.37. The predicted octanol–water partition coefficient (Wildman–Crippen LogP) is 1.14. The molecule has 0 aliphatic carbocycles. The maximum absolute atomic E-state index is 11.7. The zero-order valence-corrected chi connectivity index (χ0v) is 11.6. The summed E-state index contributed by atoms with van der Waals surface area (Å²) in [6, 6.07) is 3.22. The molecule has 4 nitrogen and oxygen atoms in total. The molecular weight excluding hydrogens is 266 g/mol. The summed E-state index contributed by atoms with van der Waals surface area (Å²) in [6.07, 6.45) is 1.86.